The summed E-state index contributed by atoms with van der Waals surface area (Å²) >= 11 is 0. The predicted octanol–water partition coefficient (Wildman–Crippen LogP) is 0.634. The summed E-state index contributed by atoms with van der Waals surface area (Å²) in [5, 5.41) is 0. The molecule has 94 valence electrons. The molecule has 1 aliphatic carbocycles. The minimum atomic E-state index is -2.92. The van der Waals surface area contributed by atoms with E-state index in [1.807, 2.05) is 0 Å². The van der Waals surface area contributed by atoms with E-state index < -0.39 is 29.9 Å². The number of halogens is 2. The second-order valence-corrected chi connectivity index (χ2v) is 4.50. The van der Waals surface area contributed by atoms with Crippen molar-refractivity contribution < 1.29 is 18.3 Å². The molecule has 1 fully saturated rings. The fraction of sp³-hybridized carbons (Fsp3) is 0.900. The number of nitrogens with zero attached hydrogens (tertiary/aromatic N) is 2. The van der Waals surface area contributed by atoms with Crippen LogP contribution in [0.2, 0.25) is 0 Å². The molecule has 0 radical (unpaired) electrons. The molecule has 0 amide bonds. The Balaban J connectivity index is 3.14. The van der Waals surface area contributed by atoms with Crippen LogP contribution in [0.4, 0.5) is 8.78 Å². The number of alkyl halides is 2. The summed E-state index contributed by atoms with van der Waals surface area (Å²) in [5.74, 6) is -4.33. The van der Waals surface area contributed by atoms with Gasteiger partial charge in [-0.3, -0.25) is 14.6 Å². The lowest BCUT2D eigenvalue weighted by molar-refractivity contribution is -0.295. The molecule has 0 aromatic carbocycles. The third-order valence-corrected chi connectivity index (χ3v) is 3.33. The number of ether oxygens (including phenoxy) is 1. The summed E-state index contributed by atoms with van der Waals surface area (Å²) in [6, 6.07) is 0. The normalized spacial score (nSPS) is 26.7. The summed E-state index contributed by atoms with van der Waals surface area (Å²) in [5.41, 5.74) is -1.58. The first kappa shape index (κ1) is 13.3. The minimum absolute atomic E-state index is 0.462. The fourth-order valence-electron chi connectivity index (χ4n) is 2.74. The summed E-state index contributed by atoms with van der Waals surface area (Å²) in [6.45, 7) is 0. The molecular weight excluding hydrogens is 218 g/mol. The van der Waals surface area contributed by atoms with Crippen LogP contribution < -0.4 is 0 Å². The van der Waals surface area contributed by atoms with Crippen molar-refractivity contribution >= 4 is 5.97 Å². The van der Waals surface area contributed by atoms with E-state index in [1.165, 1.54) is 16.9 Å². The van der Waals surface area contributed by atoms with E-state index in [0.717, 1.165) is 0 Å². The van der Waals surface area contributed by atoms with Crippen LogP contribution in [0.3, 0.4) is 0 Å². The molecule has 1 saturated carbocycles. The number of hydrogen-bond donors (Lipinski definition) is 0. The highest BCUT2D eigenvalue weighted by Gasteiger charge is 2.73. The Labute approximate surface area is 94.1 Å². The van der Waals surface area contributed by atoms with Gasteiger partial charge < -0.3 is 4.74 Å². The molecule has 0 bridgehead atoms. The Morgan fingerprint density at radius 3 is 1.94 bits per heavy atom. The van der Waals surface area contributed by atoms with Gasteiger partial charge in [-0.15, -0.1) is 0 Å². The second kappa shape index (κ2) is 3.92. The molecular formula is C10H18F2N2O2. The Morgan fingerprint density at radius 2 is 1.69 bits per heavy atom. The lowest BCUT2D eigenvalue weighted by Gasteiger charge is -2.60. The summed E-state index contributed by atoms with van der Waals surface area (Å²) in [7, 11) is 7.40. The molecule has 1 atom stereocenters. The molecule has 1 unspecified atom stereocenters. The van der Waals surface area contributed by atoms with E-state index in [4.69, 9.17) is 0 Å². The molecule has 1 aliphatic rings. The van der Waals surface area contributed by atoms with Crippen molar-refractivity contribution in [3.63, 3.8) is 0 Å². The first-order chi connectivity index (χ1) is 7.21. The van der Waals surface area contributed by atoms with E-state index in [0.29, 0.717) is 0 Å². The molecule has 1 rings (SSSR count). The highest BCUT2D eigenvalue weighted by atomic mass is 19.3. The predicted molar refractivity (Wildman–Crippen MR) is 55.2 cm³/mol. The molecule has 6 heteroatoms. The van der Waals surface area contributed by atoms with Crippen molar-refractivity contribution in [3.05, 3.63) is 0 Å². The minimum Gasteiger partial charge on any atom is -0.469 e. The van der Waals surface area contributed by atoms with E-state index in [2.05, 4.69) is 4.74 Å². The van der Waals surface area contributed by atoms with Crippen LogP contribution in [0, 0.1) is 5.92 Å². The van der Waals surface area contributed by atoms with Crippen molar-refractivity contribution in [2.75, 3.05) is 35.3 Å². The molecule has 0 aromatic rings. The van der Waals surface area contributed by atoms with Gasteiger partial charge in [0.15, 0.2) is 5.66 Å². The molecule has 0 N–H and O–H groups in total. The van der Waals surface area contributed by atoms with Gasteiger partial charge in [0.05, 0.1) is 7.11 Å². The van der Waals surface area contributed by atoms with Crippen molar-refractivity contribution in [3.8, 4) is 0 Å². The number of carbonyl (C=O) groups excluding carboxylic acids is 1. The highest BCUT2D eigenvalue weighted by molar-refractivity contribution is 5.76. The number of hydrogen-bond acceptors (Lipinski definition) is 4. The van der Waals surface area contributed by atoms with Gasteiger partial charge in [-0.2, -0.15) is 0 Å². The Hall–Kier alpha value is -0.750. The lowest BCUT2D eigenvalue weighted by Crippen LogP contribution is -2.79. The molecule has 4 nitrogen and oxygen atoms in total. The molecule has 0 aromatic heterocycles. The maximum Gasteiger partial charge on any atom is 0.312 e. The van der Waals surface area contributed by atoms with Crippen molar-refractivity contribution in [2.24, 2.45) is 5.92 Å². The third-order valence-electron chi connectivity index (χ3n) is 3.33. The van der Waals surface area contributed by atoms with Crippen molar-refractivity contribution in [1.29, 1.82) is 0 Å². The van der Waals surface area contributed by atoms with Crippen LogP contribution >= 0.6 is 0 Å². The summed E-state index contributed by atoms with van der Waals surface area (Å²) in [4.78, 5) is 14.3. The van der Waals surface area contributed by atoms with Crippen LogP contribution in [0.1, 0.15) is 6.42 Å². The first-order valence-electron chi connectivity index (χ1n) is 5.02. The topological polar surface area (TPSA) is 32.8 Å². The summed E-state index contributed by atoms with van der Waals surface area (Å²) in [6.07, 6.45) is -0.462. The van der Waals surface area contributed by atoms with E-state index in [9.17, 15) is 13.6 Å². The number of rotatable bonds is 3. The molecule has 0 heterocycles. The fourth-order valence-corrected chi connectivity index (χ4v) is 2.74. The van der Waals surface area contributed by atoms with Gasteiger partial charge in [0.25, 0.3) is 5.92 Å². The largest absolute Gasteiger partial charge is 0.469 e. The number of methoxy groups -OCH3 is 1. The van der Waals surface area contributed by atoms with Crippen LogP contribution in [0.25, 0.3) is 0 Å². The highest BCUT2D eigenvalue weighted by Crippen LogP contribution is 2.55. The van der Waals surface area contributed by atoms with E-state index >= 15 is 0 Å². The van der Waals surface area contributed by atoms with Gasteiger partial charge >= 0.3 is 5.97 Å². The van der Waals surface area contributed by atoms with Crippen LogP contribution in [0.15, 0.2) is 0 Å². The van der Waals surface area contributed by atoms with Crippen LogP contribution in [-0.2, 0) is 9.53 Å². The molecule has 16 heavy (non-hydrogen) atoms. The van der Waals surface area contributed by atoms with Gasteiger partial charge in [0, 0.05) is 6.42 Å². The summed E-state index contributed by atoms with van der Waals surface area (Å²) < 4.78 is 32.2. The number of carbonyl (C=O) groups is 1. The van der Waals surface area contributed by atoms with Gasteiger partial charge in [0.2, 0.25) is 0 Å². The second-order valence-electron chi connectivity index (χ2n) is 4.50. The van der Waals surface area contributed by atoms with Crippen LogP contribution in [0.5, 0.6) is 0 Å². The first-order valence-corrected chi connectivity index (χ1v) is 5.02. The zero-order valence-corrected chi connectivity index (χ0v) is 10.3. The maximum absolute atomic E-state index is 13.8. The Bertz CT molecular complexity index is 285. The van der Waals surface area contributed by atoms with Crippen molar-refractivity contribution in [1.82, 2.24) is 9.80 Å². The van der Waals surface area contributed by atoms with Gasteiger partial charge in [-0.1, -0.05) is 0 Å². The Kier molecular flexibility index (Phi) is 3.27. The molecule has 0 saturated heterocycles. The monoisotopic (exact) mass is 236 g/mol. The van der Waals surface area contributed by atoms with Gasteiger partial charge in [-0.05, 0) is 28.2 Å². The third kappa shape index (κ3) is 1.43. The quantitative estimate of drug-likeness (QED) is 0.531. The standard InChI is InChI=1S/C10H18F2N2O2/c1-13(2)10(14(3)4)7(8(15)16-5)6-9(10,11)12/h7H,6H2,1-5H3. The molecule has 0 spiro atoms. The SMILES string of the molecule is COC(=O)C1CC(F)(F)C1(N(C)C)N(C)C. The van der Waals surface area contributed by atoms with Crippen LogP contribution in [-0.4, -0.2) is 62.7 Å². The van der Waals surface area contributed by atoms with Gasteiger partial charge in [-0.25, -0.2) is 8.78 Å². The average molecular weight is 236 g/mol. The van der Waals surface area contributed by atoms with E-state index in [1.54, 1.807) is 28.2 Å². The zero-order chi connectivity index (χ0) is 12.7. The van der Waals surface area contributed by atoms with Gasteiger partial charge in [0.1, 0.15) is 5.92 Å². The zero-order valence-electron chi connectivity index (χ0n) is 10.3. The smallest absolute Gasteiger partial charge is 0.312 e. The Morgan fingerprint density at radius 1 is 1.25 bits per heavy atom. The average Bonchev–Trinajstić information content (AvgIpc) is 2.12. The van der Waals surface area contributed by atoms with E-state index in [-0.39, 0.29) is 0 Å². The number of esters is 1. The lowest BCUT2D eigenvalue weighted by atomic mass is 9.67. The maximum atomic E-state index is 13.8. The molecule has 0 aliphatic heterocycles. The van der Waals surface area contributed by atoms with Crippen molar-refractivity contribution in [2.45, 2.75) is 18.0 Å².